The van der Waals surface area contributed by atoms with Crippen LogP contribution in [0.1, 0.15) is 117 Å². The van der Waals surface area contributed by atoms with Crippen molar-refractivity contribution >= 4 is 5.91 Å². The molecule has 0 spiro atoms. The molecule has 0 saturated heterocycles. The lowest BCUT2D eigenvalue weighted by molar-refractivity contribution is -0.118. The van der Waals surface area contributed by atoms with Crippen molar-refractivity contribution in [3.05, 3.63) is 0 Å². The van der Waals surface area contributed by atoms with Crippen LogP contribution in [0.25, 0.3) is 0 Å². The second-order valence-corrected chi connectivity index (χ2v) is 8.05. The number of nitrogens with zero attached hydrogens (tertiary/aromatic N) is 1. The molecular weight excluding hydrogens is 364 g/mol. The van der Waals surface area contributed by atoms with Crippen molar-refractivity contribution in [1.29, 1.82) is 0 Å². The standard InChI is InChI=1S/C18H37NO.C6H15NO2/c1-2-3-4-5-6-7-8-9-10-11-12-13-14-15-16-17-18(19)20;1-2-7(3-5-8)4-6-9/h2-17H2,1H3,(H2,19,20);8-9H,2-6H2,1H3. The Labute approximate surface area is 181 Å². The molecule has 5 heteroatoms. The van der Waals surface area contributed by atoms with Gasteiger partial charge in [-0.2, -0.15) is 0 Å². The van der Waals surface area contributed by atoms with E-state index in [1.54, 1.807) is 0 Å². The first-order valence-corrected chi connectivity index (χ1v) is 12.3. The van der Waals surface area contributed by atoms with E-state index in [1.807, 2.05) is 11.8 Å². The number of carbonyl (C=O) groups excluding carboxylic acids is 1. The van der Waals surface area contributed by atoms with E-state index >= 15 is 0 Å². The summed E-state index contributed by atoms with van der Waals surface area (Å²) in [5, 5.41) is 16.9. The van der Waals surface area contributed by atoms with E-state index in [-0.39, 0.29) is 19.1 Å². The molecule has 0 aliphatic heterocycles. The van der Waals surface area contributed by atoms with E-state index in [4.69, 9.17) is 15.9 Å². The smallest absolute Gasteiger partial charge is 0.217 e. The van der Waals surface area contributed by atoms with Crippen molar-refractivity contribution in [2.75, 3.05) is 32.8 Å². The van der Waals surface area contributed by atoms with Crippen molar-refractivity contribution in [1.82, 2.24) is 4.90 Å². The fraction of sp³-hybridized carbons (Fsp3) is 0.958. The van der Waals surface area contributed by atoms with Gasteiger partial charge in [-0.05, 0) is 13.0 Å². The van der Waals surface area contributed by atoms with Gasteiger partial charge in [0.05, 0.1) is 13.2 Å². The summed E-state index contributed by atoms with van der Waals surface area (Å²) in [6.07, 6.45) is 20.9. The minimum Gasteiger partial charge on any atom is -0.395 e. The summed E-state index contributed by atoms with van der Waals surface area (Å²) in [4.78, 5) is 12.5. The lowest BCUT2D eigenvalue weighted by Crippen LogP contribution is -2.29. The van der Waals surface area contributed by atoms with Crippen molar-refractivity contribution in [2.45, 2.75) is 117 Å². The predicted octanol–water partition coefficient (Wildman–Crippen LogP) is 5.03. The summed E-state index contributed by atoms with van der Waals surface area (Å²) < 4.78 is 0. The van der Waals surface area contributed by atoms with Gasteiger partial charge in [-0.15, -0.1) is 0 Å². The highest BCUT2D eigenvalue weighted by molar-refractivity contribution is 5.73. The molecule has 176 valence electrons. The Morgan fingerprint density at radius 3 is 1.28 bits per heavy atom. The summed E-state index contributed by atoms with van der Waals surface area (Å²) in [5.41, 5.74) is 5.11. The van der Waals surface area contributed by atoms with Crippen LogP contribution >= 0.6 is 0 Å². The van der Waals surface area contributed by atoms with Gasteiger partial charge in [-0.3, -0.25) is 9.69 Å². The quantitative estimate of drug-likeness (QED) is 0.229. The van der Waals surface area contributed by atoms with Crippen LogP contribution in [0.15, 0.2) is 0 Å². The molecule has 0 fully saturated rings. The van der Waals surface area contributed by atoms with Crippen molar-refractivity contribution < 1.29 is 15.0 Å². The monoisotopic (exact) mass is 416 g/mol. The van der Waals surface area contributed by atoms with Gasteiger partial charge in [0, 0.05) is 19.5 Å². The van der Waals surface area contributed by atoms with Crippen LogP contribution in [0.3, 0.4) is 0 Å². The van der Waals surface area contributed by atoms with Gasteiger partial charge in [0.15, 0.2) is 0 Å². The Morgan fingerprint density at radius 2 is 1.00 bits per heavy atom. The Hall–Kier alpha value is -0.650. The SMILES string of the molecule is CCCCCCCCCCCCCCCCCC(N)=O.CCN(CCO)CCO. The number of aliphatic hydroxyl groups excluding tert-OH is 2. The molecule has 5 nitrogen and oxygen atoms in total. The van der Waals surface area contributed by atoms with Gasteiger partial charge in [-0.25, -0.2) is 0 Å². The van der Waals surface area contributed by atoms with Crippen molar-refractivity contribution in [2.24, 2.45) is 5.73 Å². The van der Waals surface area contributed by atoms with Crippen molar-refractivity contribution in [3.8, 4) is 0 Å². The molecule has 0 aromatic rings. The van der Waals surface area contributed by atoms with Crippen LogP contribution in [0.2, 0.25) is 0 Å². The van der Waals surface area contributed by atoms with E-state index in [9.17, 15) is 4.79 Å². The number of primary amides is 1. The normalized spacial score (nSPS) is 10.8. The van der Waals surface area contributed by atoms with Gasteiger partial charge in [0.2, 0.25) is 5.91 Å². The third-order valence-corrected chi connectivity index (χ3v) is 5.31. The van der Waals surface area contributed by atoms with Gasteiger partial charge >= 0.3 is 0 Å². The van der Waals surface area contributed by atoms with Crippen molar-refractivity contribution in [3.63, 3.8) is 0 Å². The number of likely N-dealkylation sites (N-methyl/N-ethyl adjacent to an activating group) is 1. The number of carbonyl (C=O) groups is 1. The number of hydrogen-bond acceptors (Lipinski definition) is 4. The number of rotatable bonds is 21. The summed E-state index contributed by atoms with van der Waals surface area (Å²) in [6, 6.07) is 0. The molecule has 1 amide bonds. The molecule has 0 unspecified atom stereocenters. The molecule has 0 aromatic heterocycles. The Kier molecular flexibility index (Phi) is 28.8. The van der Waals surface area contributed by atoms with Crippen LogP contribution in [-0.4, -0.2) is 53.9 Å². The molecule has 29 heavy (non-hydrogen) atoms. The van der Waals surface area contributed by atoms with E-state index in [2.05, 4.69) is 6.92 Å². The van der Waals surface area contributed by atoms with Crippen LogP contribution in [-0.2, 0) is 4.79 Å². The summed E-state index contributed by atoms with van der Waals surface area (Å²) in [7, 11) is 0. The fourth-order valence-corrected chi connectivity index (χ4v) is 3.38. The molecule has 0 bridgehead atoms. The average molecular weight is 417 g/mol. The fourth-order valence-electron chi connectivity index (χ4n) is 3.38. The molecule has 0 saturated carbocycles. The molecule has 0 atom stereocenters. The van der Waals surface area contributed by atoms with Crippen LogP contribution < -0.4 is 5.73 Å². The highest BCUT2D eigenvalue weighted by Gasteiger charge is 1.97. The summed E-state index contributed by atoms with van der Waals surface area (Å²) >= 11 is 0. The van der Waals surface area contributed by atoms with Gasteiger partial charge in [-0.1, -0.05) is 104 Å². The van der Waals surface area contributed by atoms with E-state index < -0.39 is 0 Å². The van der Waals surface area contributed by atoms with Gasteiger partial charge in [0.25, 0.3) is 0 Å². The minimum atomic E-state index is -0.153. The third-order valence-electron chi connectivity index (χ3n) is 5.31. The van der Waals surface area contributed by atoms with Gasteiger partial charge in [0.1, 0.15) is 0 Å². The molecule has 0 radical (unpaired) electrons. The highest BCUT2D eigenvalue weighted by Crippen LogP contribution is 2.13. The summed E-state index contributed by atoms with van der Waals surface area (Å²) in [5.74, 6) is -0.153. The first-order chi connectivity index (χ1) is 14.1. The van der Waals surface area contributed by atoms with Crippen LogP contribution in [0, 0.1) is 0 Å². The molecule has 0 heterocycles. The maximum Gasteiger partial charge on any atom is 0.217 e. The molecule has 4 N–H and O–H groups in total. The molecule has 0 aromatic carbocycles. The number of amides is 1. The second kappa shape index (κ2) is 27.4. The van der Waals surface area contributed by atoms with Crippen LogP contribution in [0.4, 0.5) is 0 Å². The van der Waals surface area contributed by atoms with Gasteiger partial charge < -0.3 is 15.9 Å². The molecule has 0 rings (SSSR count). The minimum absolute atomic E-state index is 0.153. The molecular formula is C24H52N2O3. The third kappa shape index (κ3) is 29.6. The summed E-state index contributed by atoms with van der Waals surface area (Å²) in [6.45, 7) is 6.85. The number of hydrogen-bond donors (Lipinski definition) is 3. The zero-order chi connectivity index (χ0) is 22.0. The number of aliphatic hydroxyl groups is 2. The van der Waals surface area contributed by atoms with E-state index in [0.717, 1.165) is 13.0 Å². The number of unbranched alkanes of at least 4 members (excludes halogenated alkanes) is 14. The zero-order valence-electron chi connectivity index (χ0n) is 19.7. The Morgan fingerprint density at radius 1 is 0.655 bits per heavy atom. The lowest BCUT2D eigenvalue weighted by Gasteiger charge is -2.16. The Bertz CT molecular complexity index is 309. The second-order valence-electron chi connectivity index (χ2n) is 8.05. The lowest BCUT2D eigenvalue weighted by atomic mass is 10.0. The van der Waals surface area contributed by atoms with Crippen LogP contribution in [0.5, 0.6) is 0 Å². The first-order valence-electron chi connectivity index (χ1n) is 12.3. The number of nitrogens with two attached hydrogens (primary N) is 1. The Balaban J connectivity index is 0. The maximum atomic E-state index is 10.6. The highest BCUT2D eigenvalue weighted by atomic mass is 16.3. The van der Waals surface area contributed by atoms with E-state index in [0.29, 0.717) is 19.5 Å². The predicted molar refractivity (Wildman–Crippen MR) is 125 cm³/mol. The largest absolute Gasteiger partial charge is 0.395 e. The average Bonchev–Trinajstić information content (AvgIpc) is 2.71. The molecule has 0 aliphatic carbocycles. The zero-order valence-corrected chi connectivity index (χ0v) is 19.7. The first kappa shape index (κ1) is 30.5. The molecule has 0 aliphatic rings. The van der Waals surface area contributed by atoms with E-state index in [1.165, 1.54) is 89.9 Å². The topological polar surface area (TPSA) is 86.8 Å². The maximum absolute atomic E-state index is 10.6.